The number of aliphatic hydroxyl groups excluding tert-OH is 1. The van der Waals surface area contributed by atoms with Crippen LogP contribution in [0.1, 0.15) is 64.7 Å². The molecule has 24 heavy (non-hydrogen) atoms. The Balaban J connectivity index is 2.04. The van der Waals surface area contributed by atoms with Crippen LogP contribution in [0.3, 0.4) is 0 Å². The van der Waals surface area contributed by atoms with Gasteiger partial charge in [-0.15, -0.1) is 0 Å². The van der Waals surface area contributed by atoms with Gasteiger partial charge in [-0.25, -0.2) is 0 Å². The van der Waals surface area contributed by atoms with Crippen molar-refractivity contribution in [1.82, 2.24) is 0 Å². The number of carbonyl (C=O) groups is 1. The first kappa shape index (κ1) is 20.7. The van der Waals surface area contributed by atoms with Gasteiger partial charge in [-0.1, -0.05) is 56.2 Å². The highest BCUT2D eigenvalue weighted by atomic mass is 16.6. The topological polar surface area (TPSA) is 70.1 Å². The maximum atomic E-state index is 10.4. The second-order valence-corrected chi connectivity index (χ2v) is 6.29. The minimum Gasteiger partial charge on any atom is -0.481 e. The standard InChI is InChI=1S/C20H32O4/c1-2-3-4-5-6-10-13-18-19(24-18)16-15-17(21)12-9-7-8-11-14-20(22)23/h6-7,9-10,15-19,21H,2-5,8,11-14H2,1H3,(H,22,23)/b9-7-,10-6-,16-15+/t17-,18-,19-/m0/s1. The first-order valence-corrected chi connectivity index (χ1v) is 9.17. The molecule has 4 heteroatoms. The zero-order valence-electron chi connectivity index (χ0n) is 14.8. The largest absolute Gasteiger partial charge is 0.481 e. The van der Waals surface area contributed by atoms with Crippen molar-refractivity contribution in [2.24, 2.45) is 0 Å². The van der Waals surface area contributed by atoms with Crippen LogP contribution in [0, 0.1) is 0 Å². The Hall–Kier alpha value is -1.39. The molecule has 0 unspecified atom stereocenters. The van der Waals surface area contributed by atoms with E-state index in [9.17, 15) is 9.90 Å². The smallest absolute Gasteiger partial charge is 0.303 e. The van der Waals surface area contributed by atoms with Crippen molar-refractivity contribution >= 4 is 5.97 Å². The van der Waals surface area contributed by atoms with E-state index in [1.54, 1.807) is 6.08 Å². The van der Waals surface area contributed by atoms with Crippen LogP contribution in [0.5, 0.6) is 0 Å². The van der Waals surface area contributed by atoms with Crippen LogP contribution >= 0.6 is 0 Å². The van der Waals surface area contributed by atoms with Crippen LogP contribution in [-0.4, -0.2) is 34.5 Å². The van der Waals surface area contributed by atoms with E-state index in [1.807, 2.05) is 18.2 Å². The van der Waals surface area contributed by atoms with Crippen molar-refractivity contribution in [2.75, 3.05) is 0 Å². The molecule has 0 saturated carbocycles. The summed E-state index contributed by atoms with van der Waals surface area (Å²) >= 11 is 0. The van der Waals surface area contributed by atoms with Gasteiger partial charge >= 0.3 is 5.97 Å². The molecule has 0 amide bonds. The average molecular weight is 336 g/mol. The normalized spacial score (nSPS) is 21.9. The number of hydrogen-bond acceptors (Lipinski definition) is 3. The fourth-order valence-corrected chi connectivity index (χ4v) is 2.42. The molecule has 0 radical (unpaired) electrons. The molecule has 0 aromatic heterocycles. The first-order chi connectivity index (χ1) is 11.6. The summed E-state index contributed by atoms with van der Waals surface area (Å²) in [5, 5.41) is 18.4. The zero-order chi connectivity index (χ0) is 17.6. The van der Waals surface area contributed by atoms with Gasteiger partial charge < -0.3 is 14.9 Å². The highest BCUT2D eigenvalue weighted by Gasteiger charge is 2.34. The molecule has 0 aromatic rings. The number of hydrogen-bond donors (Lipinski definition) is 2. The monoisotopic (exact) mass is 336 g/mol. The third-order valence-electron chi connectivity index (χ3n) is 3.96. The van der Waals surface area contributed by atoms with Crippen molar-refractivity contribution < 1.29 is 19.7 Å². The molecule has 1 heterocycles. The van der Waals surface area contributed by atoms with Crippen molar-refractivity contribution in [3.63, 3.8) is 0 Å². The Labute approximate surface area is 145 Å². The van der Waals surface area contributed by atoms with Crippen LogP contribution in [0.4, 0.5) is 0 Å². The number of carboxylic acid groups (broad SMARTS) is 1. The second kappa shape index (κ2) is 13.0. The lowest BCUT2D eigenvalue weighted by molar-refractivity contribution is -0.137. The molecular weight excluding hydrogens is 304 g/mol. The summed E-state index contributed by atoms with van der Waals surface area (Å²) in [7, 11) is 0. The van der Waals surface area contributed by atoms with Gasteiger partial charge in [0.2, 0.25) is 0 Å². The van der Waals surface area contributed by atoms with Gasteiger partial charge in [0.05, 0.1) is 12.2 Å². The molecule has 0 aliphatic carbocycles. The lowest BCUT2D eigenvalue weighted by Gasteiger charge is -1.99. The summed E-state index contributed by atoms with van der Waals surface area (Å²) in [5.41, 5.74) is 0. The van der Waals surface area contributed by atoms with Gasteiger partial charge in [0.1, 0.15) is 6.10 Å². The molecule has 2 N–H and O–H groups in total. The van der Waals surface area contributed by atoms with E-state index in [0.717, 1.165) is 19.3 Å². The number of aliphatic carboxylic acids is 1. The molecule has 136 valence electrons. The van der Waals surface area contributed by atoms with E-state index in [-0.39, 0.29) is 18.6 Å². The number of carboxylic acids is 1. The molecule has 0 bridgehead atoms. The van der Waals surface area contributed by atoms with E-state index in [4.69, 9.17) is 9.84 Å². The predicted molar refractivity (Wildman–Crippen MR) is 97.0 cm³/mol. The predicted octanol–water partition coefficient (Wildman–Crippen LogP) is 4.40. The second-order valence-electron chi connectivity index (χ2n) is 6.29. The molecule has 0 spiro atoms. The molecule has 1 fully saturated rings. The lowest BCUT2D eigenvalue weighted by Crippen LogP contribution is -2.00. The van der Waals surface area contributed by atoms with Gasteiger partial charge in [0, 0.05) is 6.42 Å². The third-order valence-corrected chi connectivity index (χ3v) is 3.96. The fourth-order valence-electron chi connectivity index (χ4n) is 2.42. The lowest BCUT2D eigenvalue weighted by atomic mass is 10.1. The van der Waals surface area contributed by atoms with Crippen molar-refractivity contribution in [1.29, 1.82) is 0 Å². The molecular formula is C20H32O4. The van der Waals surface area contributed by atoms with E-state index in [0.29, 0.717) is 12.8 Å². The van der Waals surface area contributed by atoms with E-state index < -0.39 is 12.1 Å². The van der Waals surface area contributed by atoms with Gasteiger partial charge in [0.15, 0.2) is 0 Å². The van der Waals surface area contributed by atoms with E-state index in [1.165, 1.54) is 19.3 Å². The Bertz CT molecular complexity index is 425. The van der Waals surface area contributed by atoms with Gasteiger partial charge in [-0.05, 0) is 38.5 Å². The highest BCUT2D eigenvalue weighted by Crippen LogP contribution is 2.27. The van der Waals surface area contributed by atoms with Crippen molar-refractivity contribution in [3.8, 4) is 0 Å². The quantitative estimate of drug-likeness (QED) is 0.280. The van der Waals surface area contributed by atoms with Crippen LogP contribution < -0.4 is 0 Å². The number of unbranched alkanes of at least 4 members (excludes halogenated alkanes) is 4. The number of ether oxygens (including phenoxy) is 1. The Morgan fingerprint density at radius 3 is 2.62 bits per heavy atom. The minimum atomic E-state index is -0.763. The number of epoxide rings is 1. The summed E-state index contributed by atoms with van der Waals surface area (Å²) in [6.45, 7) is 2.21. The summed E-state index contributed by atoms with van der Waals surface area (Å²) in [4.78, 5) is 10.4. The van der Waals surface area contributed by atoms with Gasteiger partial charge in [-0.3, -0.25) is 4.79 Å². The van der Waals surface area contributed by atoms with Crippen LogP contribution in [0.15, 0.2) is 36.5 Å². The van der Waals surface area contributed by atoms with E-state index in [2.05, 4.69) is 19.1 Å². The summed E-state index contributed by atoms with van der Waals surface area (Å²) in [5.74, 6) is -0.763. The summed E-state index contributed by atoms with van der Waals surface area (Å²) in [6.07, 6.45) is 19.9. The Kier molecular flexibility index (Phi) is 11.2. The average Bonchev–Trinajstić information content (AvgIpc) is 3.30. The maximum absolute atomic E-state index is 10.4. The van der Waals surface area contributed by atoms with Crippen LogP contribution in [-0.2, 0) is 9.53 Å². The molecule has 0 aromatic carbocycles. The molecule has 1 saturated heterocycles. The van der Waals surface area contributed by atoms with Gasteiger partial charge in [0.25, 0.3) is 0 Å². The molecule has 1 aliphatic rings. The van der Waals surface area contributed by atoms with Crippen LogP contribution in [0.25, 0.3) is 0 Å². The van der Waals surface area contributed by atoms with Crippen molar-refractivity contribution in [3.05, 3.63) is 36.5 Å². The summed E-state index contributed by atoms with van der Waals surface area (Å²) in [6, 6.07) is 0. The zero-order valence-corrected chi connectivity index (χ0v) is 14.8. The highest BCUT2D eigenvalue weighted by molar-refractivity contribution is 5.66. The first-order valence-electron chi connectivity index (χ1n) is 9.17. The molecule has 4 nitrogen and oxygen atoms in total. The Morgan fingerprint density at radius 1 is 1.12 bits per heavy atom. The van der Waals surface area contributed by atoms with Crippen LogP contribution in [0.2, 0.25) is 0 Å². The summed E-state index contributed by atoms with van der Waals surface area (Å²) < 4.78 is 5.55. The number of aliphatic hydroxyl groups is 1. The SMILES string of the molecule is CCCCC/C=C\C[C@@H]1O[C@H]1/C=C/[C@@H](O)C/C=C\CCCC(=O)O. The molecule has 1 aliphatic heterocycles. The van der Waals surface area contributed by atoms with Crippen molar-refractivity contribution in [2.45, 2.75) is 83.0 Å². The Morgan fingerprint density at radius 2 is 1.88 bits per heavy atom. The van der Waals surface area contributed by atoms with Gasteiger partial charge in [-0.2, -0.15) is 0 Å². The number of allylic oxidation sites excluding steroid dienone is 2. The minimum absolute atomic E-state index is 0.138. The maximum Gasteiger partial charge on any atom is 0.303 e. The third kappa shape index (κ3) is 11.2. The van der Waals surface area contributed by atoms with E-state index >= 15 is 0 Å². The molecule has 1 rings (SSSR count). The molecule has 3 atom stereocenters. The fraction of sp³-hybridized carbons (Fsp3) is 0.650. The number of rotatable bonds is 14.